The number of nitro benzene ring substituents is 1. The normalized spacial score (nSPS) is 16.3. The van der Waals surface area contributed by atoms with Gasteiger partial charge in [-0.15, -0.1) is 0 Å². The van der Waals surface area contributed by atoms with Crippen LogP contribution in [0.25, 0.3) is 10.9 Å². The van der Waals surface area contributed by atoms with Crippen LogP contribution < -0.4 is 4.90 Å². The predicted octanol–water partition coefficient (Wildman–Crippen LogP) is 2.28. The zero-order valence-corrected chi connectivity index (χ0v) is 12.0. The molecule has 1 aromatic carbocycles. The van der Waals surface area contributed by atoms with Crippen molar-refractivity contribution in [3.63, 3.8) is 0 Å². The lowest BCUT2D eigenvalue weighted by atomic mass is 10.2. The molecule has 1 saturated heterocycles. The average Bonchev–Trinajstić information content (AvgIpc) is 2.54. The molecule has 0 saturated carbocycles. The third-order valence-electron chi connectivity index (χ3n) is 4.01. The molecule has 3 rings (SSSR count). The molecule has 0 spiro atoms. The van der Waals surface area contributed by atoms with Gasteiger partial charge < -0.3 is 9.80 Å². The van der Waals surface area contributed by atoms with Crippen LogP contribution in [0.5, 0.6) is 0 Å². The highest BCUT2D eigenvalue weighted by atomic mass is 16.6. The van der Waals surface area contributed by atoms with E-state index in [2.05, 4.69) is 21.7 Å². The molecule has 21 heavy (non-hydrogen) atoms. The molecule has 1 aliphatic heterocycles. The second-order valence-electron chi connectivity index (χ2n) is 5.22. The highest BCUT2D eigenvalue weighted by molar-refractivity contribution is 5.82. The Morgan fingerprint density at radius 3 is 2.62 bits per heavy atom. The molecule has 0 aliphatic carbocycles. The van der Waals surface area contributed by atoms with E-state index in [-0.39, 0.29) is 10.6 Å². The van der Waals surface area contributed by atoms with Crippen LogP contribution >= 0.6 is 0 Å². The van der Waals surface area contributed by atoms with Crippen molar-refractivity contribution >= 4 is 22.4 Å². The fourth-order valence-electron chi connectivity index (χ4n) is 2.69. The van der Waals surface area contributed by atoms with Crippen molar-refractivity contribution in [1.29, 1.82) is 0 Å². The highest BCUT2D eigenvalue weighted by Gasteiger charge is 2.17. The Hall–Kier alpha value is -2.21. The molecule has 1 aliphatic rings. The molecule has 0 radical (unpaired) electrons. The second-order valence-corrected chi connectivity index (χ2v) is 5.22. The third kappa shape index (κ3) is 2.80. The van der Waals surface area contributed by atoms with Gasteiger partial charge in [0.25, 0.3) is 5.69 Å². The van der Waals surface area contributed by atoms with Crippen LogP contribution in [0.15, 0.2) is 30.3 Å². The molecule has 110 valence electrons. The number of benzene rings is 1. The summed E-state index contributed by atoms with van der Waals surface area (Å²) < 4.78 is 0. The Labute approximate surface area is 123 Å². The van der Waals surface area contributed by atoms with Gasteiger partial charge >= 0.3 is 0 Å². The number of nitrogens with zero attached hydrogens (tertiary/aromatic N) is 4. The maximum atomic E-state index is 10.8. The topological polar surface area (TPSA) is 62.5 Å². The van der Waals surface area contributed by atoms with Gasteiger partial charge in [-0.1, -0.05) is 6.92 Å². The van der Waals surface area contributed by atoms with E-state index < -0.39 is 0 Å². The molecule has 1 aromatic heterocycles. The van der Waals surface area contributed by atoms with Crippen molar-refractivity contribution in [3.05, 3.63) is 40.4 Å². The highest BCUT2D eigenvalue weighted by Crippen LogP contribution is 2.23. The van der Waals surface area contributed by atoms with E-state index in [0.717, 1.165) is 49.4 Å². The molecule has 6 heteroatoms. The number of nitro groups is 1. The molecule has 1 fully saturated rings. The van der Waals surface area contributed by atoms with Crippen LogP contribution in [0.1, 0.15) is 6.92 Å². The first-order chi connectivity index (χ1) is 10.2. The molecule has 0 atom stereocenters. The van der Waals surface area contributed by atoms with Crippen molar-refractivity contribution in [3.8, 4) is 0 Å². The van der Waals surface area contributed by atoms with Crippen LogP contribution in [0.4, 0.5) is 11.5 Å². The largest absolute Gasteiger partial charge is 0.354 e. The van der Waals surface area contributed by atoms with Crippen LogP contribution in [0, 0.1) is 10.1 Å². The standard InChI is InChI=1S/C15H18N4O2/c1-2-17-7-9-18(10-8-17)15-6-3-12-11-13(19(20)21)4-5-14(12)16-15/h3-6,11H,2,7-10H2,1H3. The van der Waals surface area contributed by atoms with Gasteiger partial charge in [-0.25, -0.2) is 4.98 Å². The SMILES string of the molecule is CCN1CCN(c2ccc3cc([N+](=O)[O-])ccc3n2)CC1. The maximum absolute atomic E-state index is 10.8. The van der Waals surface area contributed by atoms with Gasteiger partial charge in [0.05, 0.1) is 10.4 Å². The number of fused-ring (bicyclic) bond motifs is 1. The number of hydrogen-bond acceptors (Lipinski definition) is 5. The van der Waals surface area contributed by atoms with Crippen LogP contribution in [-0.2, 0) is 0 Å². The van der Waals surface area contributed by atoms with Gasteiger partial charge in [-0.3, -0.25) is 10.1 Å². The predicted molar refractivity (Wildman–Crippen MR) is 82.7 cm³/mol. The number of rotatable bonds is 3. The number of likely N-dealkylation sites (N-methyl/N-ethyl adjacent to an activating group) is 1. The monoisotopic (exact) mass is 286 g/mol. The zero-order chi connectivity index (χ0) is 14.8. The van der Waals surface area contributed by atoms with E-state index in [0.29, 0.717) is 0 Å². The summed E-state index contributed by atoms with van der Waals surface area (Å²) in [6, 6.07) is 8.67. The molecule has 0 unspecified atom stereocenters. The Morgan fingerprint density at radius 1 is 1.19 bits per heavy atom. The number of aromatic nitrogens is 1. The zero-order valence-electron chi connectivity index (χ0n) is 12.0. The lowest BCUT2D eigenvalue weighted by molar-refractivity contribution is -0.384. The van der Waals surface area contributed by atoms with Crippen LogP contribution in [0.3, 0.4) is 0 Å². The summed E-state index contributed by atoms with van der Waals surface area (Å²) in [7, 11) is 0. The van der Waals surface area contributed by atoms with Gasteiger partial charge in [0.2, 0.25) is 0 Å². The van der Waals surface area contributed by atoms with Gasteiger partial charge in [0.1, 0.15) is 5.82 Å². The molecule has 2 aromatic rings. The fourth-order valence-corrected chi connectivity index (χ4v) is 2.69. The summed E-state index contributed by atoms with van der Waals surface area (Å²) in [6.07, 6.45) is 0. The number of pyridine rings is 1. The van der Waals surface area contributed by atoms with Crippen molar-refractivity contribution in [2.75, 3.05) is 37.6 Å². The molecule has 0 amide bonds. The second kappa shape index (κ2) is 5.65. The first-order valence-corrected chi connectivity index (χ1v) is 7.20. The molecular weight excluding hydrogens is 268 g/mol. The minimum Gasteiger partial charge on any atom is -0.354 e. The number of hydrogen-bond donors (Lipinski definition) is 0. The van der Waals surface area contributed by atoms with E-state index >= 15 is 0 Å². The maximum Gasteiger partial charge on any atom is 0.270 e. The molecule has 0 bridgehead atoms. The Morgan fingerprint density at radius 2 is 1.95 bits per heavy atom. The van der Waals surface area contributed by atoms with Gasteiger partial charge in [-0.05, 0) is 24.7 Å². The quantitative estimate of drug-likeness (QED) is 0.640. The summed E-state index contributed by atoms with van der Waals surface area (Å²) in [5.41, 5.74) is 0.907. The van der Waals surface area contributed by atoms with E-state index in [1.165, 1.54) is 6.07 Å². The average molecular weight is 286 g/mol. The van der Waals surface area contributed by atoms with E-state index in [1.54, 1.807) is 12.1 Å². The molecule has 2 heterocycles. The van der Waals surface area contributed by atoms with E-state index in [4.69, 9.17) is 0 Å². The van der Waals surface area contributed by atoms with E-state index in [1.807, 2.05) is 12.1 Å². The lowest BCUT2D eigenvalue weighted by Gasteiger charge is -2.34. The number of anilines is 1. The summed E-state index contributed by atoms with van der Waals surface area (Å²) in [5, 5.41) is 11.6. The van der Waals surface area contributed by atoms with Crippen LogP contribution in [0.2, 0.25) is 0 Å². The van der Waals surface area contributed by atoms with Crippen molar-refractivity contribution < 1.29 is 4.92 Å². The molecular formula is C15H18N4O2. The van der Waals surface area contributed by atoms with Gasteiger partial charge in [0.15, 0.2) is 0 Å². The smallest absolute Gasteiger partial charge is 0.270 e. The van der Waals surface area contributed by atoms with Crippen molar-refractivity contribution in [2.45, 2.75) is 6.92 Å². The van der Waals surface area contributed by atoms with Gasteiger partial charge in [0, 0.05) is 43.7 Å². The van der Waals surface area contributed by atoms with Crippen molar-refractivity contribution in [2.24, 2.45) is 0 Å². The Bertz CT molecular complexity index is 666. The minimum atomic E-state index is -0.378. The number of piperazine rings is 1. The summed E-state index contributed by atoms with van der Waals surface area (Å²) >= 11 is 0. The number of non-ortho nitro benzene ring substituents is 1. The minimum absolute atomic E-state index is 0.105. The molecule has 6 nitrogen and oxygen atoms in total. The first kappa shape index (κ1) is 13.8. The Kier molecular flexibility index (Phi) is 3.70. The summed E-state index contributed by atoms with van der Waals surface area (Å²) in [5.74, 6) is 0.951. The Balaban J connectivity index is 1.85. The summed E-state index contributed by atoms with van der Waals surface area (Å²) in [6.45, 7) is 7.31. The van der Waals surface area contributed by atoms with Crippen LogP contribution in [-0.4, -0.2) is 47.5 Å². The lowest BCUT2D eigenvalue weighted by Crippen LogP contribution is -2.46. The summed E-state index contributed by atoms with van der Waals surface area (Å²) in [4.78, 5) is 19.7. The fraction of sp³-hybridized carbons (Fsp3) is 0.400. The van der Waals surface area contributed by atoms with Crippen molar-refractivity contribution in [1.82, 2.24) is 9.88 Å². The third-order valence-corrected chi connectivity index (χ3v) is 4.01. The first-order valence-electron chi connectivity index (χ1n) is 7.20. The van der Waals surface area contributed by atoms with E-state index in [9.17, 15) is 10.1 Å². The molecule has 0 N–H and O–H groups in total. The van der Waals surface area contributed by atoms with Gasteiger partial charge in [-0.2, -0.15) is 0 Å².